The molecule has 0 N–H and O–H groups in total. The van der Waals surface area contributed by atoms with Crippen LogP contribution in [-0.2, 0) is 4.74 Å². The van der Waals surface area contributed by atoms with Gasteiger partial charge >= 0.3 is 0 Å². The highest BCUT2D eigenvalue weighted by atomic mass is 16.5. The molecule has 1 aliphatic rings. The number of methoxy groups -OCH3 is 1. The molecular formula is C6H12NO. The number of ether oxygens (including phenoxy) is 1. The largest absolute Gasteiger partial charge is 0.383 e. The zero-order chi connectivity index (χ0) is 5.82. The van der Waals surface area contributed by atoms with Crippen molar-refractivity contribution in [1.29, 1.82) is 0 Å². The van der Waals surface area contributed by atoms with Gasteiger partial charge in [-0.2, -0.15) is 0 Å². The van der Waals surface area contributed by atoms with Crippen LogP contribution in [0.1, 0.15) is 12.8 Å². The minimum absolute atomic E-state index is 0.514. The number of hydrogen-bond acceptors (Lipinski definition) is 1. The third-order valence-corrected chi connectivity index (χ3v) is 1.44. The third-order valence-electron chi connectivity index (χ3n) is 1.44. The van der Waals surface area contributed by atoms with E-state index in [1.807, 2.05) is 0 Å². The van der Waals surface area contributed by atoms with E-state index in [9.17, 15) is 0 Å². The van der Waals surface area contributed by atoms with Crippen molar-refractivity contribution in [3.8, 4) is 0 Å². The lowest BCUT2D eigenvalue weighted by atomic mass is 10.2. The highest BCUT2D eigenvalue weighted by Crippen LogP contribution is 2.05. The molecule has 0 aromatic heterocycles. The van der Waals surface area contributed by atoms with Crippen molar-refractivity contribution >= 4 is 0 Å². The van der Waals surface area contributed by atoms with Crippen molar-refractivity contribution in [3.63, 3.8) is 0 Å². The Kier molecular flexibility index (Phi) is 2.30. The average molecular weight is 114 g/mol. The predicted octanol–water partition coefficient (Wildman–Crippen LogP) is 0.400. The molecule has 0 aromatic rings. The topological polar surface area (TPSA) is 23.3 Å². The van der Waals surface area contributed by atoms with E-state index >= 15 is 0 Å². The average Bonchev–Trinajstić information content (AvgIpc) is 2.19. The zero-order valence-corrected chi connectivity index (χ0v) is 5.26. The Labute approximate surface area is 50.2 Å². The van der Waals surface area contributed by atoms with Crippen LogP contribution >= 0.6 is 0 Å². The standard InChI is InChI=1S/C6H12NO/c1-8-5-6-3-2-4-7-6/h6H,2-5H2,1H3. The minimum atomic E-state index is 0.514. The molecule has 1 heterocycles. The van der Waals surface area contributed by atoms with E-state index in [4.69, 9.17) is 4.74 Å². The number of nitrogens with zero attached hydrogens (tertiary/aromatic N) is 1. The fourth-order valence-corrected chi connectivity index (χ4v) is 1.02. The molecule has 1 unspecified atom stereocenters. The first-order chi connectivity index (χ1) is 3.93. The van der Waals surface area contributed by atoms with Crippen LogP contribution in [0.15, 0.2) is 0 Å². The third kappa shape index (κ3) is 1.46. The summed E-state index contributed by atoms with van der Waals surface area (Å²) in [4.78, 5) is 0. The normalized spacial score (nSPS) is 28.9. The zero-order valence-electron chi connectivity index (χ0n) is 5.26. The molecule has 47 valence electrons. The van der Waals surface area contributed by atoms with E-state index in [0.29, 0.717) is 6.04 Å². The number of rotatable bonds is 2. The molecule has 0 bridgehead atoms. The molecule has 1 saturated heterocycles. The Morgan fingerprint density at radius 3 is 3.12 bits per heavy atom. The summed E-state index contributed by atoms with van der Waals surface area (Å²) in [7, 11) is 1.73. The summed E-state index contributed by atoms with van der Waals surface area (Å²) < 4.78 is 4.93. The van der Waals surface area contributed by atoms with Crippen molar-refractivity contribution in [2.24, 2.45) is 0 Å². The SMILES string of the molecule is COCC1CCC[N]1. The molecule has 2 heteroatoms. The summed E-state index contributed by atoms with van der Waals surface area (Å²) >= 11 is 0. The molecule has 1 aliphatic heterocycles. The van der Waals surface area contributed by atoms with Crippen LogP contribution in [0.25, 0.3) is 0 Å². The summed E-state index contributed by atoms with van der Waals surface area (Å²) in [6.07, 6.45) is 2.49. The van der Waals surface area contributed by atoms with Gasteiger partial charge in [0.25, 0.3) is 0 Å². The van der Waals surface area contributed by atoms with Crippen molar-refractivity contribution in [1.82, 2.24) is 5.32 Å². The van der Waals surface area contributed by atoms with Gasteiger partial charge in [-0.25, -0.2) is 5.32 Å². The maximum atomic E-state index is 4.93. The molecule has 1 fully saturated rings. The second-order valence-electron chi connectivity index (χ2n) is 2.16. The molecular weight excluding hydrogens is 102 g/mol. The van der Waals surface area contributed by atoms with Gasteiger partial charge in [0.1, 0.15) is 0 Å². The van der Waals surface area contributed by atoms with Crippen molar-refractivity contribution in [2.75, 3.05) is 20.3 Å². The van der Waals surface area contributed by atoms with Crippen molar-refractivity contribution in [2.45, 2.75) is 18.9 Å². The maximum absolute atomic E-state index is 4.93. The number of hydrogen-bond donors (Lipinski definition) is 0. The summed E-state index contributed by atoms with van der Waals surface area (Å²) in [5.74, 6) is 0. The monoisotopic (exact) mass is 114 g/mol. The van der Waals surface area contributed by atoms with Crippen molar-refractivity contribution < 1.29 is 4.74 Å². The van der Waals surface area contributed by atoms with Crippen LogP contribution in [0, 0.1) is 0 Å². The summed E-state index contributed by atoms with van der Waals surface area (Å²) in [6, 6.07) is 0.514. The molecule has 0 amide bonds. The maximum Gasteiger partial charge on any atom is 0.0632 e. The molecule has 0 saturated carbocycles. The Balaban J connectivity index is 2.06. The van der Waals surface area contributed by atoms with Crippen LogP contribution < -0.4 is 5.32 Å². The second-order valence-corrected chi connectivity index (χ2v) is 2.16. The molecule has 0 aromatic carbocycles. The highest BCUT2D eigenvalue weighted by molar-refractivity contribution is 4.72. The molecule has 8 heavy (non-hydrogen) atoms. The van der Waals surface area contributed by atoms with E-state index in [1.165, 1.54) is 12.8 Å². The Hall–Kier alpha value is -0.0800. The fourth-order valence-electron chi connectivity index (χ4n) is 1.02. The van der Waals surface area contributed by atoms with Crippen LogP contribution in [0.3, 0.4) is 0 Å². The van der Waals surface area contributed by atoms with Gasteiger partial charge < -0.3 is 4.74 Å². The van der Waals surface area contributed by atoms with Gasteiger partial charge in [0.2, 0.25) is 0 Å². The molecule has 0 spiro atoms. The Morgan fingerprint density at radius 1 is 1.75 bits per heavy atom. The first kappa shape index (κ1) is 6.05. The molecule has 1 radical (unpaired) electrons. The summed E-state index contributed by atoms with van der Waals surface area (Å²) in [6.45, 7) is 1.87. The predicted molar refractivity (Wildman–Crippen MR) is 31.9 cm³/mol. The quantitative estimate of drug-likeness (QED) is 0.509. The molecule has 2 nitrogen and oxygen atoms in total. The van der Waals surface area contributed by atoms with Crippen molar-refractivity contribution in [3.05, 3.63) is 0 Å². The lowest BCUT2D eigenvalue weighted by Gasteiger charge is -2.04. The Morgan fingerprint density at radius 2 is 2.62 bits per heavy atom. The van der Waals surface area contributed by atoms with Gasteiger partial charge in [0, 0.05) is 19.7 Å². The van der Waals surface area contributed by atoms with Crippen LogP contribution in [0.5, 0.6) is 0 Å². The van der Waals surface area contributed by atoms with E-state index in [1.54, 1.807) is 7.11 Å². The fraction of sp³-hybridized carbons (Fsp3) is 1.00. The lowest BCUT2D eigenvalue weighted by molar-refractivity contribution is 0.172. The van der Waals surface area contributed by atoms with E-state index < -0.39 is 0 Å². The van der Waals surface area contributed by atoms with Gasteiger partial charge in [-0.05, 0) is 12.8 Å². The highest BCUT2D eigenvalue weighted by Gasteiger charge is 2.13. The first-order valence-electron chi connectivity index (χ1n) is 3.09. The van der Waals surface area contributed by atoms with Gasteiger partial charge in [0.15, 0.2) is 0 Å². The van der Waals surface area contributed by atoms with E-state index in [2.05, 4.69) is 5.32 Å². The molecule has 1 rings (SSSR count). The van der Waals surface area contributed by atoms with Gasteiger partial charge in [0.05, 0.1) is 6.61 Å². The molecule has 0 aliphatic carbocycles. The van der Waals surface area contributed by atoms with Gasteiger partial charge in [-0.1, -0.05) is 0 Å². The van der Waals surface area contributed by atoms with E-state index in [0.717, 1.165) is 13.2 Å². The second kappa shape index (κ2) is 3.05. The summed E-state index contributed by atoms with van der Waals surface area (Å²) in [5, 5.41) is 4.30. The molecule has 1 atom stereocenters. The van der Waals surface area contributed by atoms with Crippen LogP contribution in [-0.4, -0.2) is 26.3 Å². The van der Waals surface area contributed by atoms with E-state index in [-0.39, 0.29) is 0 Å². The minimum Gasteiger partial charge on any atom is -0.383 e. The first-order valence-corrected chi connectivity index (χ1v) is 3.09. The summed E-state index contributed by atoms with van der Waals surface area (Å²) in [5.41, 5.74) is 0. The van der Waals surface area contributed by atoms with Crippen LogP contribution in [0.4, 0.5) is 0 Å². The van der Waals surface area contributed by atoms with Gasteiger partial charge in [-0.15, -0.1) is 0 Å². The Bertz CT molecular complexity index is 59.5. The lowest BCUT2D eigenvalue weighted by Crippen LogP contribution is -2.19. The van der Waals surface area contributed by atoms with Gasteiger partial charge in [-0.3, -0.25) is 0 Å². The smallest absolute Gasteiger partial charge is 0.0632 e. The van der Waals surface area contributed by atoms with Crippen LogP contribution in [0.2, 0.25) is 0 Å².